The smallest absolute Gasteiger partial charge is 0.276 e. The Morgan fingerprint density at radius 3 is 2.77 bits per heavy atom. The van der Waals surface area contributed by atoms with Gasteiger partial charge < -0.3 is 5.73 Å². The number of hydrogen-bond donors (Lipinski definition) is 1. The quantitative estimate of drug-likeness (QED) is 0.682. The van der Waals surface area contributed by atoms with E-state index < -0.39 is 0 Å². The topological polar surface area (TPSA) is 72.4 Å². The first-order valence-corrected chi connectivity index (χ1v) is 7.28. The maximum Gasteiger partial charge on any atom is 0.276 e. The van der Waals surface area contributed by atoms with Crippen molar-refractivity contribution in [1.29, 1.82) is 0 Å². The molecule has 1 saturated heterocycles. The number of para-hydroxylation sites is 1. The summed E-state index contributed by atoms with van der Waals surface area (Å²) in [6.07, 6.45) is 4.82. The first-order valence-electron chi connectivity index (χ1n) is 7.28. The molecule has 1 aliphatic rings. The maximum absolute atomic E-state index is 11.0. The third-order valence-electron chi connectivity index (χ3n) is 4.19. The molecule has 0 amide bonds. The lowest BCUT2D eigenvalue weighted by Crippen LogP contribution is -2.52. The minimum absolute atomic E-state index is 0. The van der Waals surface area contributed by atoms with E-state index in [-0.39, 0.29) is 34.5 Å². The van der Waals surface area contributed by atoms with Crippen molar-refractivity contribution in [2.45, 2.75) is 26.3 Å². The summed E-state index contributed by atoms with van der Waals surface area (Å²) >= 11 is 0. The molecule has 2 rings (SSSR count). The number of benzene rings is 1. The maximum atomic E-state index is 11.0. The third kappa shape index (κ3) is 4.53. The van der Waals surface area contributed by atoms with Gasteiger partial charge in [-0.25, -0.2) is 0 Å². The molecule has 1 heterocycles. The molecule has 0 saturated carbocycles. The summed E-state index contributed by atoms with van der Waals surface area (Å²) in [5.41, 5.74) is 7.04. The predicted molar refractivity (Wildman–Crippen MR) is 92.2 cm³/mol. The molecule has 1 aromatic rings. The number of nitro groups is 1. The second kappa shape index (κ2) is 7.72. The SMILES string of the molecule is CC1(C)CN(C/C=C/c2ccccc2[N+](=O)[O-])CCC1N.Cl. The minimum Gasteiger partial charge on any atom is -0.327 e. The molecule has 0 aromatic heterocycles. The molecule has 1 atom stereocenters. The van der Waals surface area contributed by atoms with E-state index in [9.17, 15) is 10.1 Å². The molecule has 1 unspecified atom stereocenters. The van der Waals surface area contributed by atoms with Crippen LogP contribution in [0.1, 0.15) is 25.8 Å². The van der Waals surface area contributed by atoms with E-state index in [0.717, 1.165) is 26.1 Å². The van der Waals surface area contributed by atoms with Crippen molar-refractivity contribution in [3.05, 3.63) is 46.0 Å². The average molecular weight is 326 g/mol. The average Bonchev–Trinajstić information content (AvgIpc) is 2.43. The van der Waals surface area contributed by atoms with Gasteiger partial charge in [0.05, 0.1) is 10.5 Å². The number of piperidine rings is 1. The molecule has 0 spiro atoms. The van der Waals surface area contributed by atoms with Gasteiger partial charge in [-0.1, -0.05) is 38.1 Å². The molecule has 0 bridgehead atoms. The van der Waals surface area contributed by atoms with Crippen LogP contribution >= 0.6 is 12.4 Å². The molecule has 2 N–H and O–H groups in total. The summed E-state index contributed by atoms with van der Waals surface area (Å²) < 4.78 is 0. The fourth-order valence-electron chi connectivity index (χ4n) is 2.76. The van der Waals surface area contributed by atoms with Crippen molar-refractivity contribution in [1.82, 2.24) is 4.90 Å². The van der Waals surface area contributed by atoms with Crippen LogP contribution in [0.5, 0.6) is 0 Å². The molecule has 1 fully saturated rings. The zero-order chi connectivity index (χ0) is 15.5. The van der Waals surface area contributed by atoms with Gasteiger partial charge in [-0.3, -0.25) is 15.0 Å². The lowest BCUT2D eigenvalue weighted by molar-refractivity contribution is -0.385. The van der Waals surface area contributed by atoms with Gasteiger partial charge in [0.1, 0.15) is 0 Å². The lowest BCUT2D eigenvalue weighted by atomic mass is 9.80. The number of nitrogens with zero attached hydrogens (tertiary/aromatic N) is 2. The number of likely N-dealkylation sites (tertiary alicyclic amines) is 1. The highest BCUT2D eigenvalue weighted by Crippen LogP contribution is 2.27. The van der Waals surface area contributed by atoms with Gasteiger partial charge in [0.25, 0.3) is 5.69 Å². The van der Waals surface area contributed by atoms with Gasteiger partial charge in [0.15, 0.2) is 0 Å². The zero-order valence-corrected chi connectivity index (χ0v) is 13.9. The van der Waals surface area contributed by atoms with E-state index >= 15 is 0 Å². The Balaban J connectivity index is 0.00000242. The second-order valence-electron chi connectivity index (χ2n) is 6.34. The largest absolute Gasteiger partial charge is 0.327 e. The van der Waals surface area contributed by atoms with Crippen molar-refractivity contribution in [3.8, 4) is 0 Å². The van der Waals surface area contributed by atoms with E-state index in [1.165, 1.54) is 6.07 Å². The first kappa shape index (κ1) is 18.6. The highest BCUT2D eigenvalue weighted by Gasteiger charge is 2.32. The summed E-state index contributed by atoms with van der Waals surface area (Å²) in [6.45, 7) is 7.11. The normalized spacial score (nSPS) is 21.5. The molecule has 0 aliphatic carbocycles. The highest BCUT2D eigenvalue weighted by molar-refractivity contribution is 5.85. The number of rotatable bonds is 4. The van der Waals surface area contributed by atoms with Crippen molar-refractivity contribution < 1.29 is 4.92 Å². The number of halogens is 1. The summed E-state index contributed by atoms with van der Waals surface area (Å²) in [7, 11) is 0. The molecule has 22 heavy (non-hydrogen) atoms. The van der Waals surface area contributed by atoms with Crippen LogP contribution < -0.4 is 5.73 Å². The van der Waals surface area contributed by atoms with Crippen molar-refractivity contribution in [2.75, 3.05) is 19.6 Å². The van der Waals surface area contributed by atoms with Crippen molar-refractivity contribution in [2.24, 2.45) is 11.1 Å². The Kier molecular flexibility index (Phi) is 6.53. The van der Waals surface area contributed by atoms with Crippen LogP contribution in [0.2, 0.25) is 0 Å². The third-order valence-corrected chi connectivity index (χ3v) is 4.19. The molecule has 0 radical (unpaired) electrons. The standard InChI is InChI=1S/C16H23N3O2.ClH/c1-16(2)12-18(11-9-15(16)17)10-5-7-13-6-3-4-8-14(13)19(20)21;/h3-8,15H,9-12,17H2,1-2H3;1H/b7-5+;. The Hall–Kier alpha value is -1.43. The minimum atomic E-state index is -0.345. The van der Waals surface area contributed by atoms with Crippen LogP contribution in [0.25, 0.3) is 6.08 Å². The second-order valence-corrected chi connectivity index (χ2v) is 6.34. The van der Waals surface area contributed by atoms with Crippen LogP contribution in [0.15, 0.2) is 30.3 Å². The van der Waals surface area contributed by atoms with E-state index in [0.29, 0.717) is 5.56 Å². The van der Waals surface area contributed by atoms with E-state index in [1.807, 2.05) is 18.2 Å². The molecule has 1 aromatic carbocycles. The monoisotopic (exact) mass is 325 g/mol. The van der Waals surface area contributed by atoms with Crippen LogP contribution in [0.4, 0.5) is 5.69 Å². The Morgan fingerprint density at radius 2 is 2.14 bits per heavy atom. The zero-order valence-electron chi connectivity index (χ0n) is 13.1. The Morgan fingerprint density at radius 1 is 1.45 bits per heavy atom. The molecule has 122 valence electrons. The summed E-state index contributed by atoms with van der Waals surface area (Å²) in [4.78, 5) is 13.0. The van der Waals surface area contributed by atoms with Crippen molar-refractivity contribution >= 4 is 24.2 Å². The Bertz CT molecular complexity index is 546. The molecule has 6 heteroatoms. The first-order chi connectivity index (χ1) is 9.90. The van der Waals surface area contributed by atoms with Crippen LogP contribution in [0.3, 0.4) is 0 Å². The van der Waals surface area contributed by atoms with Gasteiger partial charge in [-0.15, -0.1) is 12.4 Å². The lowest BCUT2D eigenvalue weighted by Gasteiger charge is -2.42. The molecule has 5 nitrogen and oxygen atoms in total. The summed E-state index contributed by atoms with van der Waals surface area (Å²) in [6, 6.07) is 7.04. The fourth-order valence-corrected chi connectivity index (χ4v) is 2.76. The molecular formula is C16H24ClN3O2. The van der Waals surface area contributed by atoms with Crippen LogP contribution in [-0.4, -0.2) is 35.5 Å². The van der Waals surface area contributed by atoms with Gasteiger partial charge in [0.2, 0.25) is 0 Å². The van der Waals surface area contributed by atoms with E-state index in [4.69, 9.17) is 5.73 Å². The predicted octanol–water partition coefficient (Wildman–Crippen LogP) is 3.09. The molecular weight excluding hydrogens is 302 g/mol. The van der Waals surface area contributed by atoms with Crippen molar-refractivity contribution in [3.63, 3.8) is 0 Å². The fraction of sp³-hybridized carbons (Fsp3) is 0.500. The van der Waals surface area contributed by atoms with Gasteiger partial charge in [0, 0.05) is 25.2 Å². The number of hydrogen-bond acceptors (Lipinski definition) is 4. The Labute approximate surface area is 137 Å². The van der Waals surface area contributed by atoms with Gasteiger partial charge in [-0.2, -0.15) is 0 Å². The van der Waals surface area contributed by atoms with E-state index in [2.05, 4.69) is 18.7 Å². The van der Waals surface area contributed by atoms with Gasteiger partial charge >= 0.3 is 0 Å². The summed E-state index contributed by atoms with van der Waals surface area (Å²) in [5.74, 6) is 0. The van der Waals surface area contributed by atoms with Gasteiger partial charge in [-0.05, 0) is 24.4 Å². The number of nitro benzene ring substituents is 1. The summed E-state index contributed by atoms with van der Waals surface area (Å²) in [5, 5.41) is 11.0. The van der Waals surface area contributed by atoms with Crippen LogP contribution in [0, 0.1) is 15.5 Å². The van der Waals surface area contributed by atoms with Crippen LogP contribution in [-0.2, 0) is 0 Å². The number of nitrogens with two attached hydrogens (primary N) is 1. The highest BCUT2D eigenvalue weighted by atomic mass is 35.5. The van der Waals surface area contributed by atoms with E-state index in [1.54, 1.807) is 12.1 Å². The molecule has 1 aliphatic heterocycles.